The lowest BCUT2D eigenvalue weighted by molar-refractivity contribution is -0.135. The van der Waals surface area contributed by atoms with Gasteiger partial charge in [-0.2, -0.15) is 0 Å². The van der Waals surface area contributed by atoms with Crippen LogP contribution in [0.5, 0.6) is 5.75 Å². The third-order valence-corrected chi connectivity index (χ3v) is 7.48. The summed E-state index contributed by atoms with van der Waals surface area (Å²) in [6.45, 7) is 2.91. The van der Waals surface area contributed by atoms with Crippen molar-refractivity contribution in [3.8, 4) is 5.75 Å². The second-order valence-electron chi connectivity index (χ2n) is 7.55. The second-order valence-corrected chi connectivity index (χ2v) is 9.68. The van der Waals surface area contributed by atoms with Gasteiger partial charge in [0.1, 0.15) is 12.3 Å². The maximum atomic E-state index is 13.3. The molecular weight excluding hydrogens is 452 g/mol. The normalized spacial score (nSPS) is 23.1. The van der Waals surface area contributed by atoms with Gasteiger partial charge in [0.25, 0.3) is 5.91 Å². The van der Waals surface area contributed by atoms with Gasteiger partial charge in [-0.25, -0.2) is 0 Å². The molecule has 1 saturated heterocycles. The number of nitrogens with one attached hydrogen (secondary N) is 1. The number of halogens is 1. The number of fused-ring (bicyclic) bond motifs is 1. The number of benzene rings is 1. The monoisotopic (exact) mass is 480 g/mol. The number of hydrogen-bond acceptors (Lipinski definition) is 4. The van der Waals surface area contributed by atoms with Crippen molar-refractivity contribution >= 4 is 45.6 Å². The van der Waals surface area contributed by atoms with Crippen LogP contribution in [0.4, 0.5) is 0 Å². The highest BCUT2D eigenvalue weighted by atomic mass is 79.9. The van der Waals surface area contributed by atoms with E-state index in [2.05, 4.69) is 28.2 Å². The number of rotatable bonds is 7. The Bertz CT molecular complexity index is 783. The zero-order valence-corrected chi connectivity index (χ0v) is 19.5. The van der Waals surface area contributed by atoms with E-state index in [1.165, 1.54) is 6.42 Å². The number of methoxy groups -OCH3 is 1. The molecule has 1 saturated carbocycles. The van der Waals surface area contributed by atoms with Crippen LogP contribution in [0.25, 0.3) is 6.08 Å². The predicted molar refractivity (Wildman–Crippen MR) is 122 cm³/mol. The number of ether oxygens (including phenoxy) is 1. The summed E-state index contributed by atoms with van der Waals surface area (Å²) < 4.78 is 6.14. The zero-order valence-electron chi connectivity index (χ0n) is 17.1. The fraction of sp³-hybridized carbons (Fsp3) is 0.545. The van der Waals surface area contributed by atoms with Crippen LogP contribution < -0.4 is 10.1 Å². The third kappa shape index (κ3) is 5.57. The molecule has 1 heterocycles. The number of hydrogen-bond donors (Lipinski definition) is 1. The molecule has 1 N–H and O–H groups in total. The molecule has 1 aromatic rings. The van der Waals surface area contributed by atoms with Crippen LogP contribution in [0.15, 0.2) is 27.6 Å². The SMILES string of the molecule is CCCCNC(=O)CN1C(=O)/C(=C\c2ccc(OC)c(Br)c2)SC2CCCCC21. The molecule has 2 atom stereocenters. The average molecular weight is 481 g/mol. The molecule has 1 aliphatic carbocycles. The Labute approximate surface area is 185 Å². The molecular formula is C22H29BrN2O3S. The number of carbonyl (C=O) groups excluding carboxylic acids is 2. The Balaban J connectivity index is 1.80. The third-order valence-electron chi connectivity index (χ3n) is 5.46. The van der Waals surface area contributed by atoms with Gasteiger partial charge >= 0.3 is 0 Å². The van der Waals surface area contributed by atoms with Crippen molar-refractivity contribution in [1.29, 1.82) is 0 Å². The highest BCUT2D eigenvalue weighted by Crippen LogP contribution is 2.42. The van der Waals surface area contributed by atoms with Crippen molar-refractivity contribution in [3.05, 3.63) is 33.1 Å². The molecule has 1 aromatic carbocycles. The Morgan fingerprint density at radius 3 is 2.90 bits per heavy atom. The average Bonchev–Trinajstić information content (AvgIpc) is 2.71. The van der Waals surface area contributed by atoms with Crippen LogP contribution in [0.1, 0.15) is 51.0 Å². The topological polar surface area (TPSA) is 58.6 Å². The van der Waals surface area contributed by atoms with Gasteiger partial charge in [-0.3, -0.25) is 9.59 Å². The van der Waals surface area contributed by atoms with Gasteiger partial charge in [0.05, 0.1) is 16.5 Å². The quantitative estimate of drug-likeness (QED) is 0.457. The summed E-state index contributed by atoms with van der Waals surface area (Å²) in [5.74, 6) is 0.665. The minimum absolute atomic E-state index is 0.0317. The van der Waals surface area contributed by atoms with Gasteiger partial charge in [-0.15, -0.1) is 11.8 Å². The second kappa shape index (κ2) is 10.5. The first-order chi connectivity index (χ1) is 14.0. The maximum Gasteiger partial charge on any atom is 0.261 e. The van der Waals surface area contributed by atoms with Crippen LogP contribution >= 0.6 is 27.7 Å². The summed E-state index contributed by atoms with van der Waals surface area (Å²) in [5, 5.41) is 3.31. The first-order valence-corrected chi connectivity index (χ1v) is 12.0. The molecule has 0 radical (unpaired) electrons. The van der Waals surface area contributed by atoms with E-state index >= 15 is 0 Å². The lowest BCUT2D eigenvalue weighted by Crippen LogP contribution is -2.54. The molecule has 0 spiro atoms. The maximum absolute atomic E-state index is 13.3. The standard InChI is InChI=1S/C22H29BrN2O3S/c1-3-4-11-24-21(26)14-25-17-7-5-6-8-19(17)29-20(22(25)27)13-15-9-10-18(28-2)16(23)12-15/h9-10,12-13,17,19H,3-8,11,14H2,1-2H3,(H,24,26)/b20-13+. The number of carbonyl (C=O) groups is 2. The highest BCUT2D eigenvalue weighted by Gasteiger charge is 2.41. The van der Waals surface area contributed by atoms with Crippen LogP contribution in [0.3, 0.4) is 0 Å². The van der Waals surface area contributed by atoms with Gasteiger partial charge in [0.15, 0.2) is 0 Å². The van der Waals surface area contributed by atoms with Crippen molar-refractivity contribution in [2.24, 2.45) is 0 Å². The molecule has 158 valence electrons. The van der Waals surface area contributed by atoms with Crippen molar-refractivity contribution in [2.45, 2.75) is 56.7 Å². The van der Waals surface area contributed by atoms with Crippen LogP contribution in [0, 0.1) is 0 Å². The molecule has 7 heteroatoms. The number of thioether (sulfide) groups is 1. The summed E-state index contributed by atoms with van der Waals surface area (Å²) in [6.07, 6.45) is 8.29. The van der Waals surface area contributed by atoms with Crippen molar-refractivity contribution in [1.82, 2.24) is 10.2 Å². The Kier molecular flexibility index (Phi) is 8.07. The molecule has 2 aliphatic rings. The van der Waals surface area contributed by atoms with E-state index < -0.39 is 0 Å². The lowest BCUT2D eigenvalue weighted by atomic mass is 9.93. The van der Waals surface area contributed by atoms with Gasteiger partial charge in [-0.05, 0) is 59.0 Å². The molecule has 0 aromatic heterocycles. The van der Waals surface area contributed by atoms with Crippen molar-refractivity contribution in [2.75, 3.05) is 20.2 Å². The zero-order chi connectivity index (χ0) is 20.8. The van der Waals surface area contributed by atoms with E-state index in [9.17, 15) is 9.59 Å². The molecule has 5 nitrogen and oxygen atoms in total. The van der Waals surface area contributed by atoms with E-state index in [1.54, 1.807) is 18.9 Å². The Morgan fingerprint density at radius 2 is 2.17 bits per heavy atom. The summed E-state index contributed by atoms with van der Waals surface area (Å²) in [5.41, 5.74) is 0.940. The Hall–Kier alpha value is -1.47. The van der Waals surface area contributed by atoms with Gasteiger partial charge < -0.3 is 15.0 Å². The molecule has 1 aliphatic heterocycles. The lowest BCUT2D eigenvalue weighted by Gasteiger charge is -2.43. The van der Waals surface area contributed by atoms with Gasteiger partial charge in [0.2, 0.25) is 5.91 Å². The number of nitrogens with zero attached hydrogens (tertiary/aromatic N) is 1. The fourth-order valence-electron chi connectivity index (χ4n) is 3.90. The smallest absolute Gasteiger partial charge is 0.261 e. The predicted octanol–water partition coefficient (Wildman–Crippen LogP) is 4.60. The molecule has 0 bridgehead atoms. The summed E-state index contributed by atoms with van der Waals surface area (Å²) in [7, 11) is 1.63. The van der Waals surface area contributed by atoms with Crippen molar-refractivity contribution in [3.63, 3.8) is 0 Å². The molecule has 2 amide bonds. The fourth-order valence-corrected chi connectivity index (χ4v) is 5.93. The first kappa shape index (κ1) is 22.2. The molecule has 2 fully saturated rings. The van der Waals surface area contributed by atoms with E-state index in [0.717, 1.165) is 47.9 Å². The minimum Gasteiger partial charge on any atom is -0.496 e. The number of unbranched alkanes of at least 4 members (excludes halogenated alkanes) is 1. The first-order valence-electron chi connectivity index (χ1n) is 10.3. The van der Waals surface area contributed by atoms with Crippen LogP contribution in [-0.4, -0.2) is 48.2 Å². The van der Waals surface area contributed by atoms with E-state index in [-0.39, 0.29) is 24.4 Å². The van der Waals surface area contributed by atoms with E-state index in [4.69, 9.17) is 4.74 Å². The molecule has 3 rings (SSSR count). The van der Waals surface area contributed by atoms with Crippen LogP contribution in [0.2, 0.25) is 0 Å². The van der Waals surface area contributed by atoms with Crippen LogP contribution in [-0.2, 0) is 9.59 Å². The van der Waals surface area contributed by atoms with E-state index in [1.807, 2.05) is 29.2 Å². The number of amides is 2. The van der Waals surface area contributed by atoms with Gasteiger partial charge in [0, 0.05) is 17.8 Å². The summed E-state index contributed by atoms with van der Waals surface area (Å²) >= 11 is 5.19. The van der Waals surface area contributed by atoms with E-state index in [0.29, 0.717) is 16.7 Å². The summed E-state index contributed by atoms with van der Waals surface area (Å²) in [4.78, 5) is 28.2. The highest BCUT2D eigenvalue weighted by molar-refractivity contribution is 9.10. The summed E-state index contributed by atoms with van der Waals surface area (Å²) in [6, 6.07) is 5.93. The minimum atomic E-state index is -0.0606. The van der Waals surface area contributed by atoms with Gasteiger partial charge in [-0.1, -0.05) is 32.3 Å². The largest absolute Gasteiger partial charge is 0.496 e. The Morgan fingerprint density at radius 1 is 1.38 bits per heavy atom. The molecule has 29 heavy (non-hydrogen) atoms. The molecule has 2 unspecified atom stereocenters. The van der Waals surface area contributed by atoms with Crippen molar-refractivity contribution < 1.29 is 14.3 Å².